The highest BCUT2D eigenvalue weighted by atomic mass is 31.2. The van der Waals surface area contributed by atoms with Crippen molar-refractivity contribution in [2.75, 3.05) is 0 Å². The molecule has 112 valence electrons. The van der Waals surface area contributed by atoms with Gasteiger partial charge in [-0.1, -0.05) is 0 Å². The number of guanidine groups is 1. The van der Waals surface area contributed by atoms with Crippen molar-refractivity contribution in [3.63, 3.8) is 0 Å². The third-order valence-corrected chi connectivity index (χ3v) is 3.37. The van der Waals surface area contributed by atoms with Crippen LogP contribution in [0.5, 0.6) is 0 Å². The third-order valence-electron chi connectivity index (χ3n) is 2.87. The van der Waals surface area contributed by atoms with Crippen molar-refractivity contribution in [1.29, 1.82) is 0 Å². The molecule has 0 aliphatic heterocycles. The molecule has 0 saturated heterocycles. The highest BCUT2D eigenvalue weighted by molar-refractivity contribution is 7.43. The average molecular weight is 300 g/mol. The Morgan fingerprint density at radius 2 is 1.74 bits per heavy atom. The Morgan fingerprint density at radius 3 is 2.16 bits per heavy atom. The fraction of sp³-hybridized carbons (Fsp3) is 0.857. The minimum atomic E-state index is -5.46. The number of hydrogen-bond donors (Lipinski definition) is 7. The number of quaternary nitrogens is 1. The predicted octanol–water partition coefficient (Wildman–Crippen LogP) is -8.37. The maximum absolute atomic E-state index is 10.6. The number of nitrogens with two attached hydrogens (primary N) is 2. The van der Waals surface area contributed by atoms with Crippen LogP contribution in [0.15, 0.2) is 0 Å². The van der Waals surface area contributed by atoms with Crippen LogP contribution in [0, 0.1) is 0 Å². The van der Waals surface area contributed by atoms with Crippen LogP contribution in [0.4, 0.5) is 0 Å². The van der Waals surface area contributed by atoms with Crippen LogP contribution in [0.3, 0.4) is 0 Å². The Balaban J connectivity index is 3.11. The van der Waals surface area contributed by atoms with Gasteiger partial charge in [-0.05, 0) is 0 Å². The third kappa shape index (κ3) is 3.84. The van der Waals surface area contributed by atoms with Crippen molar-refractivity contribution in [3.8, 4) is 0 Å². The van der Waals surface area contributed by atoms with Crippen LogP contribution >= 0.6 is 7.82 Å². The van der Waals surface area contributed by atoms with E-state index in [2.05, 4.69) is 15.2 Å². The van der Waals surface area contributed by atoms with E-state index in [4.69, 9.17) is 11.5 Å². The molecule has 1 rings (SSSR count). The molecule has 11 N–H and O–H groups in total. The van der Waals surface area contributed by atoms with Gasteiger partial charge in [0.2, 0.25) is 0 Å². The molecule has 1 saturated carbocycles. The molecule has 0 radical (unpaired) electrons. The summed E-state index contributed by atoms with van der Waals surface area (Å²) in [6.45, 7) is 0. The van der Waals surface area contributed by atoms with E-state index < -0.39 is 44.3 Å². The van der Waals surface area contributed by atoms with Crippen molar-refractivity contribution in [2.24, 2.45) is 11.5 Å². The van der Waals surface area contributed by atoms with Gasteiger partial charge in [-0.2, -0.15) is 0 Å². The van der Waals surface area contributed by atoms with E-state index in [1.54, 1.807) is 0 Å². The minimum absolute atomic E-state index is 0.389. The minimum Gasteiger partial charge on any atom is -0.790 e. The second-order valence-electron chi connectivity index (χ2n) is 4.28. The number of aliphatic hydroxyl groups excluding tert-OH is 3. The van der Waals surface area contributed by atoms with E-state index >= 15 is 0 Å². The fourth-order valence-electron chi connectivity index (χ4n) is 1.96. The number of nitrogens with one attached hydrogen (secondary N) is 1. The molecular weight excluding hydrogens is 283 g/mol. The van der Waals surface area contributed by atoms with Gasteiger partial charge in [-0.25, -0.2) is 0 Å². The maximum atomic E-state index is 10.6. The average Bonchev–Trinajstić information content (AvgIpc) is 2.26. The Labute approximate surface area is 107 Å². The standard InChI is InChI=1S/C7H17N4O7P/c8-1-3(12)2(11-7(9)10)6(5(14)4(1)13)18-19(15,16)17/h1-6,12-14H,8H2,(H4,9,10,11)(H2,15,16,17)/t1-,2+,3-,4+,5-,6-/m0/s1. The molecule has 19 heavy (non-hydrogen) atoms. The summed E-state index contributed by atoms with van der Waals surface area (Å²) >= 11 is 0. The lowest BCUT2D eigenvalue weighted by atomic mass is 9.82. The van der Waals surface area contributed by atoms with E-state index in [0.29, 0.717) is 0 Å². The van der Waals surface area contributed by atoms with Crippen LogP contribution in [-0.4, -0.2) is 57.8 Å². The molecule has 0 aromatic heterocycles. The molecule has 0 aromatic carbocycles. The van der Waals surface area contributed by atoms with Crippen molar-refractivity contribution < 1.29 is 44.9 Å². The summed E-state index contributed by atoms with van der Waals surface area (Å²) in [5.41, 5.74) is 13.8. The molecule has 12 heteroatoms. The Hall–Kier alpha value is -0.780. The lowest BCUT2D eigenvalue weighted by molar-refractivity contribution is -0.571. The first kappa shape index (κ1) is 16.3. The highest BCUT2D eigenvalue weighted by Gasteiger charge is 2.52. The number of aliphatic hydroxyl groups is 3. The molecule has 0 unspecified atom stereocenters. The van der Waals surface area contributed by atoms with E-state index in [1.807, 2.05) is 0 Å². The molecule has 0 heterocycles. The zero-order valence-corrected chi connectivity index (χ0v) is 10.6. The summed E-state index contributed by atoms with van der Waals surface area (Å²) in [6, 6.07) is -2.38. The van der Waals surface area contributed by atoms with Crippen molar-refractivity contribution >= 4 is 13.8 Å². The number of phosphoric acid groups is 1. The van der Waals surface area contributed by atoms with E-state index in [1.165, 1.54) is 0 Å². The zero-order valence-electron chi connectivity index (χ0n) is 9.75. The monoisotopic (exact) mass is 300 g/mol. The first-order valence-corrected chi connectivity index (χ1v) is 6.73. The maximum Gasteiger partial charge on any atom is 0.339 e. The topological polar surface area (TPSA) is 227 Å². The molecule has 1 aliphatic carbocycles. The van der Waals surface area contributed by atoms with Crippen LogP contribution in [0.1, 0.15) is 0 Å². The molecule has 0 amide bonds. The van der Waals surface area contributed by atoms with E-state index in [0.717, 1.165) is 0 Å². The summed E-state index contributed by atoms with van der Waals surface area (Å²) in [7, 11) is -5.46. The summed E-state index contributed by atoms with van der Waals surface area (Å²) in [5.74, 6) is -0.389. The van der Waals surface area contributed by atoms with Gasteiger partial charge in [0, 0.05) is 0 Å². The molecule has 0 aromatic rings. The van der Waals surface area contributed by atoms with Gasteiger partial charge in [0.25, 0.3) is 0 Å². The normalized spacial score (nSPS) is 39.9. The Bertz CT molecular complexity index is 397. The first-order chi connectivity index (χ1) is 8.54. The summed E-state index contributed by atoms with van der Waals surface area (Å²) < 4.78 is 14.8. The molecule has 0 bridgehead atoms. The van der Waals surface area contributed by atoms with Crippen molar-refractivity contribution in [1.82, 2.24) is 0 Å². The molecule has 1 aliphatic rings. The van der Waals surface area contributed by atoms with Gasteiger partial charge < -0.3 is 39.9 Å². The van der Waals surface area contributed by atoms with Gasteiger partial charge >= 0.3 is 5.96 Å². The van der Waals surface area contributed by atoms with Crippen molar-refractivity contribution in [3.05, 3.63) is 0 Å². The van der Waals surface area contributed by atoms with Gasteiger partial charge in [-0.15, -0.1) is 0 Å². The molecule has 1 fully saturated rings. The first-order valence-electron chi connectivity index (χ1n) is 5.26. The van der Waals surface area contributed by atoms with E-state index in [9.17, 15) is 29.7 Å². The lowest BCUT2D eigenvalue weighted by Crippen LogP contribution is -2.95. The molecule has 0 spiro atoms. The van der Waals surface area contributed by atoms with Crippen LogP contribution < -0.4 is 32.0 Å². The fourth-order valence-corrected chi connectivity index (χ4v) is 2.51. The molecular formula is C7H17N4O7P. The van der Waals surface area contributed by atoms with Crippen LogP contribution in [-0.2, 0) is 9.09 Å². The number of phosphoric ester groups is 1. The number of hydrogen-bond acceptors (Lipinski definition) is 7. The largest absolute Gasteiger partial charge is 0.790 e. The van der Waals surface area contributed by atoms with E-state index in [-0.39, 0.29) is 5.96 Å². The van der Waals surface area contributed by atoms with Gasteiger partial charge in [0.05, 0.1) is 7.82 Å². The number of rotatable bonds is 3. The van der Waals surface area contributed by atoms with Gasteiger partial charge in [0.1, 0.15) is 36.5 Å². The smallest absolute Gasteiger partial charge is 0.339 e. The highest BCUT2D eigenvalue weighted by Crippen LogP contribution is 2.32. The van der Waals surface area contributed by atoms with Crippen molar-refractivity contribution in [2.45, 2.75) is 36.5 Å². The lowest BCUT2D eigenvalue weighted by Gasteiger charge is -2.44. The van der Waals surface area contributed by atoms with Crippen LogP contribution in [0.2, 0.25) is 0 Å². The molecule has 11 nitrogen and oxygen atoms in total. The zero-order chi connectivity index (χ0) is 15.0. The predicted molar refractivity (Wildman–Crippen MR) is 55.3 cm³/mol. The second kappa shape index (κ2) is 5.69. The summed E-state index contributed by atoms with van der Waals surface area (Å²) in [5, 5.41) is 29.2. The SMILES string of the molecule is NC(N)=[NH+][C@@H]1[C@@H](O)[C@H]([NH3+])[C@@H](O)[C@H](O)[C@H]1OP(=O)([O-])[O-]. The molecule has 6 atom stereocenters. The summed E-state index contributed by atoms with van der Waals surface area (Å²) in [4.78, 5) is 23.5. The summed E-state index contributed by atoms with van der Waals surface area (Å²) in [6.07, 6.45) is -6.54. The Morgan fingerprint density at radius 1 is 1.21 bits per heavy atom. The quantitative estimate of drug-likeness (QED) is 0.149. The van der Waals surface area contributed by atoms with Gasteiger partial charge in [0.15, 0.2) is 0 Å². The Kier molecular flexibility index (Phi) is 4.87. The van der Waals surface area contributed by atoms with Crippen LogP contribution in [0.25, 0.3) is 0 Å². The second-order valence-corrected chi connectivity index (χ2v) is 5.38. The van der Waals surface area contributed by atoms with Gasteiger partial charge in [-0.3, -0.25) is 16.5 Å².